The van der Waals surface area contributed by atoms with E-state index in [1.54, 1.807) is 35.3 Å². The van der Waals surface area contributed by atoms with Gasteiger partial charge >= 0.3 is 12.2 Å². The number of halogens is 3. The van der Waals surface area contributed by atoms with Crippen LogP contribution >= 0.6 is 0 Å². The number of anilines is 1. The van der Waals surface area contributed by atoms with Crippen molar-refractivity contribution in [3.05, 3.63) is 83.7 Å². The fourth-order valence-corrected chi connectivity index (χ4v) is 4.81. The van der Waals surface area contributed by atoms with Gasteiger partial charge < -0.3 is 28.8 Å². The lowest BCUT2D eigenvalue weighted by molar-refractivity contribution is -0.137. The first-order chi connectivity index (χ1) is 18.6. The van der Waals surface area contributed by atoms with Crippen molar-refractivity contribution in [3.8, 4) is 5.75 Å². The van der Waals surface area contributed by atoms with E-state index in [9.17, 15) is 22.8 Å². The molecule has 204 valence electrons. The number of piperazine rings is 1. The fraction of sp³-hybridized carbons (Fsp3) is 0.286. The highest BCUT2D eigenvalue weighted by molar-refractivity contribution is 5.98. The molecule has 2 aromatic heterocycles. The Morgan fingerprint density at radius 3 is 2.54 bits per heavy atom. The predicted molar refractivity (Wildman–Crippen MR) is 139 cm³/mol. The van der Waals surface area contributed by atoms with Gasteiger partial charge in [0.15, 0.2) is 0 Å². The summed E-state index contributed by atoms with van der Waals surface area (Å²) in [5.74, 6) is 0.529. The molecule has 2 aromatic carbocycles. The van der Waals surface area contributed by atoms with E-state index in [1.807, 2.05) is 35.8 Å². The Hall–Kier alpha value is -4.41. The molecule has 1 fully saturated rings. The average Bonchev–Trinajstić information content (AvgIpc) is 3.50. The average molecular weight is 541 g/mol. The number of nitrogens with one attached hydrogen (secondary N) is 1. The van der Waals surface area contributed by atoms with Gasteiger partial charge in [0, 0.05) is 36.7 Å². The van der Waals surface area contributed by atoms with Crippen molar-refractivity contribution >= 4 is 28.7 Å². The van der Waals surface area contributed by atoms with E-state index in [4.69, 9.17) is 9.15 Å². The topological polar surface area (TPSA) is 80.0 Å². The van der Waals surface area contributed by atoms with E-state index in [0.29, 0.717) is 36.8 Å². The molecule has 0 bridgehead atoms. The molecule has 1 unspecified atom stereocenters. The maximum atomic E-state index is 13.7. The van der Waals surface area contributed by atoms with Crippen LogP contribution in [-0.2, 0) is 12.7 Å². The molecule has 1 aliphatic rings. The number of alkyl halides is 3. The van der Waals surface area contributed by atoms with Gasteiger partial charge in [-0.05, 0) is 61.0 Å². The molecule has 3 amide bonds. The van der Waals surface area contributed by atoms with Crippen LogP contribution in [0, 0.1) is 0 Å². The highest BCUT2D eigenvalue weighted by atomic mass is 19.4. The van der Waals surface area contributed by atoms with Crippen LogP contribution in [-0.4, -0.2) is 59.1 Å². The number of carbonyl (C=O) groups is 2. The van der Waals surface area contributed by atoms with Crippen molar-refractivity contribution in [2.45, 2.75) is 25.7 Å². The van der Waals surface area contributed by atoms with Crippen molar-refractivity contribution in [2.75, 3.05) is 32.1 Å². The Kier molecular flexibility index (Phi) is 6.98. The van der Waals surface area contributed by atoms with Crippen LogP contribution in [0.3, 0.4) is 0 Å². The lowest BCUT2D eigenvalue weighted by atomic mass is 10.1. The Labute approximate surface area is 222 Å². The molecule has 0 saturated carbocycles. The molecular weight excluding hydrogens is 513 g/mol. The standard InChI is InChI=1S/C28H27F3N4O4/c1-18-16-33(11-12-34(18)27(37)32-22-8-6-21(7-9-22)28(29,30)31)25(36)24-15-20-10-13-39-26(20)35(24)17-19-4-3-5-23(14-19)38-2/h3-10,13-15,18H,11-12,16-17H2,1-2H3,(H,32,37). The Balaban J connectivity index is 1.28. The van der Waals surface area contributed by atoms with Gasteiger partial charge in [-0.3, -0.25) is 4.79 Å². The summed E-state index contributed by atoms with van der Waals surface area (Å²) in [5, 5.41) is 3.46. The highest BCUT2D eigenvalue weighted by Crippen LogP contribution is 2.30. The largest absolute Gasteiger partial charge is 0.497 e. The van der Waals surface area contributed by atoms with Crippen molar-refractivity contribution in [2.24, 2.45) is 0 Å². The van der Waals surface area contributed by atoms with Crippen molar-refractivity contribution in [3.63, 3.8) is 0 Å². The Morgan fingerprint density at radius 2 is 1.85 bits per heavy atom. The van der Waals surface area contributed by atoms with Gasteiger partial charge in [-0.2, -0.15) is 13.2 Å². The zero-order chi connectivity index (χ0) is 27.7. The normalized spacial score (nSPS) is 16.0. The Morgan fingerprint density at radius 1 is 1.08 bits per heavy atom. The smallest absolute Gasteiger partial charge is 0.416 e. The minimum absolute atomic E-state index is 0.182. The van der Waals surface area contributed by atoms with Crippen molar-refractivity contribution in [1.29, 1.82) is 0 Å². The number of hydrogen-bond acceptors (Lipinski definition) is 4. The molecule has 5 rings (SSSR count). The van der Waals surface area contributed by atoms with Crippen LogP contribution in [0.1, 0.15) is 28.5 Å². The number of ether oxygens (including phenoxy) is 1. The van der Waals surface area contributed by atoms with Gasteiger partial charge in [-0.1, -0.05) is 12.1 Å². The summed E-state index contributed by atoms with van der Waals surface area (Å²) in [5.41, 5.74) is 1.47. The summed E-state index contributed by atoms with van der Waals surface area (Å²) in [6.07, 6.45) is -2.87. The van der Waals surface area contributed by atoms with Gasteiger partial charge in [0.2, 0.25) is 5.71 Å². The predicted octanol–water partition coefficient (Wildman–Crippen LogP) is 5.69. The number of fused-ring (bicyclic) bond motifs is 1. The van der Waals surface area contributed by atoms with E-state index < -0.39 is 17.8 Å². The lowest BCUT2D eigenvalue weighted by Gasteiger charge is -2.39. The summed E-state index contributed by atoms with van der Waals surface area (Å²) >= 11 is 0. The minimum Gasteiger partial charge on any atom is -0.497 e. The number of methoxy groups -OCH3 is 1. The number of benzene rings is 2. The third-order valence-corrected chi connectivity index (χ3v) is 6.84. The molecule has 39 heavy (non-hydrogen) atoms. The summed E-state index contributed by atoms with van der Waals surface area (Å²) in [6, 6.07) is 14.7. The number of nitrogens with zero attached hydrogens (tertiary/aromatic N) is 3. The number of aromatic nitrogens is 1. The highest BCUT2D eigenvalue weighted by Gasteiger charge is 2.33. The van der Waals surface area contributed by atoms with Crippen LogP contribution in [0.5, 0.6) is 5.75 Å². The number of urea groups is 1. The number of furan rings is 1. The van der Waals surface area contributed by atoms with E-state index in [1.165, 1.54) is 12.1 Å². The number of rotatable bonds is 5. The Bertz CT molecular complexity index is 1490. The maximum Gasteiger partial charge on any atom is 0.416 e. The number of carbonyl (C=O) groups excluding carboxylic acids is 2. The zero-order valence-electron chi connectivity index (χ0n) is 21.4. The van der Waals surface area contributed by atoms with E-state index in [2.05, 4.69) is 5.32 Å². The zero-order valence-corrected chi connectivity index (χ0v) is 21.4. The molecule has 1 saturated heterocycles. The van der Waals surface area contributed by atoms with Crippen LogP contribution < -0.4 is 10.1 Å². The SMILES string of the molecule is COc1cccc(Cn2c(C(=O)N3CCN(C(=O)Nc4ccc(C(F)(F)F)cc4)C(C)C3)cc3ccoc32)c1. The third-order valence-electron chi connectivity index (χ3n) is 6.84. The van der Waals surface area contributed by atoms with E-state index >= 15 is 0 Å². The monoisotopic (exact) mass is 540 g/mol. The summed E-state index contributed by atoms with van der Waals surface area (Å²) in [7, 11) is 1.60. The van der Waals surface area contributed by atoms with Gasteiger partial charge in [-0.15, -0.1) is 0 Å². The second-order valence-corrected chi connectivity index (χ2v) is 9.45. The molecule has 1 N–H and O–H groups in total. The minimum atomic E-state index is -4.45. The van der Waals surface area contributed by atoms with E-state index in [0.717, 1.165) is 23.1 Å². The summed E-state index contributed by atoms with van der Waals surface area (Å²) in [4.78, 5) is 29.8. The molecule has 8 nitrogen and oxygen atoms in total. The van der Waals surface area contributed by atoms with Crippen LogP contribution in [0.25, 0.3) is 11.1 Å². The molecule has 0 radical (unpaired) electrons. The first-order valence-corrected chi connectivity index (χ1v) is 12.4. The number of hydrogen-bond donors (Lipinski definition) is 1. The molecule has 1 aliphatic heterocycles. The quantitative estimate of drug-likeness (QED) is 0.353. The van der Waals surface area contributed by atoms with Crippen molar-refractivity contribution < 1.29 is 31.9 Å². The van der Waals surface area contributed by atoms with E-state index in [-0.39, 0.29) is 24.2 Å². The van der Waals surface area contributed by atoms with Crippen LogP contribution in [0.15, 0.2) is 71.3 Å². The molecular formula is C28H27F3N4O4. The first kappa shape index (κ1) is 26.2. The summed E-state index contributed by atoms with van der Waals surface area (Å²) < 4.78 is 51.3. The molecule has 11 heteroatoms. The van der Waals surface area contributed by atoms with Gasteiger partial charge in [0.05, 0.1) is 25.5 Å². The summed E-state index contributed by atoms with van der Waals surface area (Å²) in [6.45, 7) is 3.10. The first-order valence-electron chi connectivity index (χ1n) is 12.4. The van der Waals surface area contributed by atoms with Gasteiger partial charge in [-0.25, -0.2) is 4.79 Å². The second kappa shape index (κ2) is 10.4. The molecule has 3 heterocycles. The maximum absolute atomic E-state index is 13.7. The lowest BCUT2D eigenvalue weighted by Crippen LogP contribution is -2.56. The number of amides is 3. The van der Waals surface area contributed by atoms with Crippen LogP contribution in [0.2, 0.25) is 0 Å². The molecule has 0 spiro atoms. The van der Waals surface area contributed by atoms with Crippen LogP contribution in [0.4, 0.5) is 23.7 Å². The van der Waals surface area contributed by atoms with Gasteiger partial charge in [0.1, 0.15) is 11.4 Å². The molecule has 1 atom stereocenters. The third kappa shape index (κ3) is 5.43. The van der Waals surface area contributed by atoms with Gasteiger partial charge in [0.25, 0.3) is 5.91 Å². The molecule has 4 aromatic rings. The second-order valence-electron chi connectivity index (χ2n) is 9.45. The molecule has 0 aliphatic carbocycles. The van der Waals surface area contributed by atoms with Crippen molar-refractivity contribution in [1.82, 2.24) is 14.4 Å². The fourth-order valence-electron chi connectivity index (χ4n) is 4.81.